The number of hydrogen-bond acceptors (Lipinski definition) is 10. The molecule has 302 valence electrons. The van der Waals surface area contributed by atoms with E-state index in [1.165, 1.54) is 4.90 Å². The van der Waals surface area contributed by atoms with Gasteiger partial charge in [-0.15, -0.1) is 0 Å². The number of allylic oxidation sites excluding steroid dienone is 1. The largest absolute Gasteiger partial charge is 0.497 e. The molecule has 14 nitrogen and oxygen atoms in total. The third-order valence-electron chi connectivity index (χ3n) is 12.7. The van der Waals surface area contributed by atoms with Crippen LogP contribution in [0.3, 0.4) is 0 Å². The number of hydrogen-bond donors (Lipinski definition) is 3. The average Bonchev–Trinajstić information content (AvgIpc) is 4.12. The smallest absolute Gasteiger partial charge is 0.408 e. The van der Waals surface area contributed by atoms with Gasteiger partial charge in [-0.1, -0.05) is 26.0 Å². The number of aromatic nitrogens is 1. The standard InChI is InChI=1S/C40H50FN5O9S/c1-22-6-4-5-7-27-20-40(27,37(49)45-56(51,52)39(41)11-12-39)44-34(47)32-19-30(54-35-31-9-8-28(53-3)16-24(31)10-13-42-35)21-46(32)36(48)33(23(2)14-22)43-38(50)55-29-17-25-15-26(25)18-29/h5,7-10,13,16,22-23,25-27,29-30,32-33H,4,6,11-12,14-15,17-21H2,1-3H3,(H,43,50)(H,44,47)(H,45,49)/b7-5-/t22-,23-,25+,26?,27-,29?,30-,32+,33+,40-/m1/s1. The molecule has 1 aromatic heterocycles. The number of sulfonamides is 1. The van der Waals surface area contributed by atoms with Gasteiger partial charge >= 0.3 is 6.09 Å². The lowest BCUT2D eigenvalue weighted by molar-refractivity contribution is -0.142. The number of pyridine rings is 1. The topological polar surface area (TPSA) is 182 Å². The number of halogens is 1. The molecule has 0 bridgehead atoms. The molecule has 3 heterocycles. The number of alkyl carbamates (subject to hydrolysis) is 1. The van der Waals surface area contributed by atoms with Crippen LogP contribution in [-0.2, 0) is 29.1 Å². The molecule has 1 saturated heterocycles. The fourth-order valence-electron chi connectivity index (χ4n) is 9.06. The lowest BCUT2D eigenvalue weighted by atomic mass is 9.88. The van der Waals surface area contributed by atoms with Gasteiger partial charge < -0.3 is 29.7 Å². The third kappa shape index (κ3) is 7.52. The molecule has 10 atom stereocenters. The lowest BCUT2D eigenvalue weighted by Crippen LogP contribution is -2.59. The molecule has 8 rings (SSSR count). The second kappa shape index (κ2) is 14.5. The lowest BCUT2D eigenvalue weighted by Gasteiger charge is -2.33. The maximum absolute atomic E-state index is 14.8. The number of alkyl halides is 1. The molecule has 0 spiro atoms. The minimum Gasteiger partial charge on any atom is -0.497 e. The Morgan fingerprint density at radius 3 is 2.54 bits per heavy atom. The number of carbonyl (C=O) groups excluding carboxylic acids is 4. The van der Waals surface area contributed by atoms with E-state index in [1.807, 2.05) is 35.9 Å². The number of nitrogens with zero attached hydrogens (tertiary/aromatic N) is 2. The summed E-state index contributed by atoms with van der Waals surface area (Å²) in [6.07, 6.45) is 8.03. The number of benzene rings is 1. The summed E-state index contributed by atoms with van der Waals surface area (Å²) in [6.45, 7) is 3.92. The molecule has 56 heavy (non-hydrogen) atoms. The van der Waals surface area contributed by atoms with Gasteiger partial charge in [-0.25, -0.2) is 27.3 Å². The summed E-state index contributed by atoms with van der Waals surface area (Å²) in [5.41, 5.74) is -1.68. The van der Waals surface area contributed by atoms with Gasteiger partial charge in [0.05, 0.1) is 13.7 Å². The van der Waals surface area contributed by atoms with E-state index in [0.717, 1.165) is 31.1 Å². The molecule has 4 aliphatic carbocycles. The molecule has 2 unspecified atom stereocenters. The number of ether oxygens (including phenoxy) is 3. The Labute approximate surface area is 325 Å². The monoisotopic (exact) mass is 795 g/mol. The van der Waals surface area contributed by atoms with Gasteiger partial charge in [-0.3, -0.25) is 14.4 Å². The number of methoxy groups -OCH3 is 1. The Kier molecular flexibility index (Phi) is 9.93. The van der Waals surface area contributed by atoms with E-state index >= 15 is 0 Å². The first-order valence-electron chi connectivity index (χ1n) is 19.8. The second-order valence-corrected chi connectivity index (χ2v) is 18.9. The van der Waals surface area contributed by atoms with Gasteiger partial charge in [0.2, 0.25) is 22.7 Å². The minimum atomic E-state index is -4.66. The van der Waals surface area contributed by atoms with Crippen LogP contribution in [0.25, 0.3) is 10.8 Å². The van der Waals surface area contributed by atoms with Crippen LogP contribution in [0.1, 0.15) is 78.1 Å². The van der Waals surface area contributed by atoms with E-state index in [9.17, 15) is 32.0 Å². The van der Waals surface area contributed by atoms with Crippen LogP contribution in [0.5, 0.6) is 11.6 Å². The average molecular weight is 796 g/mol. The third-order valence-corrected chi connectivity index (χ3v) is 14.6. The number of fused-ring (bicyclic) bond motifs is 4. The maximum atomic E-state index is 14.8. The predicted molar refractivity (Wildman–Crippen MR) is 201 cm³/mol. The van der Waals surface area contributed by atoms with Crippen LogP contribution in [0, 0.1) is 29.6 Å². The number of amides is 4. The Hall–Kier alpha value is -4.47. The Morgan fingerprint density at radius 1 is 1.04 bits per heavy atom. The molecule has 2 aliphatic heterocycles. The van der Waals surface area contributed by atoms with Crippen molar-refractivity contribution >= 4 is 44.6 Å². The van der Waals surface area contributed by atoms with Crippen molar-refractivity contribution in [3.8, 4) is 11.6 Å². The molecule has 16 heteroatoms. The van der Waals surface area contributed by atoms with Crippen molar-refractivity contribution in [3.63, 3.8) is 0 Å². The molecule has 4 saturated carbocycles. The van der Waals surface area contributed by atoms with Gasteiger partial charge in [0.25, 0.3) is 15.9 Å². The Morgan fingerprint density at radius 2 is 1.80 bits per heavy atom. The maximum Gasteiger partial charge on any atom is 0.408 e. The highest BCUT2D eigenvalue weighted by molar-refractivity contribution is 7.91. The highest BCUT2D eigenvalue weighted by Crippen LogP contribution is 2.52. The van der Waals surface area contributed by atoms with E-state index in [4.69, 9.17) is 14.2 Å². The van der Waals surface area contributed by atoms with Crippen molar-refractivity contribution < 1.29 is 46.2 Å². The van der Waals surface area contributed by atoms with E-state index < -0.39 is 68.5 Å². The van der Waals surface area contributed by atoms with Crippen LogP contribution in [0.2, 0.25) is 0 Å². The second-order valence-electron chi connectivity index (χ2n) is 17.0. The molecule has 1 aromatic carbocycles. The van der Waals surface area contributed by atoms with Crippen LogP contribution < -0.4 is 24.8 Å². The van der Waals surface area contributed by atoms with Crippen molar-refractivity contribution in [3.05, 3.63) is 42.6 Å². The first-order valence-corrected chi connectivity index (χ1v) is 21.3. The van der Waals surface area contributed by atoms with Crippen molar-refractivity contribution in [2.24, 2.45) is 29.6 Å². The highest BCUT2D eigenvalue weighted by atomic mass is 32.2. The summed E-state index contributed by atoms with van der Waals surface area (Å²) in [4.78, 5) is 62.3. The minimum absolute atomic E-state index is 0.00267. The first kappa shape index (κ1) is 38.4. The van der Waals surface area contributed by atoms with E-state index in [2.05, 4.69) is 22.5 Å². The summed E-state index contributed by atoms with van der Waals surface area (Å²) in [6, 6.07) is 5.01. The normalized spacial score (nSPS) is 35.4. The summed E-state index contributed by atoms with van der Waals surface area (Å²) >= 11 is 0. The molecule has 6 aliphatic rings. The SMILES string of the molecule is COc1ccc2c(O[C@@H]3C[C@H]4C(=O)N[C@]5(C(=O)NS(=O)(=O)C6(F)CC6)C[C@H]5/C=C\CC[C@@H](C)C[C@@H](C)[C@H](NC(=O)OC5CC6C[C@H]6C5)C(=O)N4C3)nccc2c1. The number of nitrogens with one attached hydrogen (secondary N) is 3. The fourth-order valence-corrected chi connectivity index (χ4v) is 10.3. The van der Waals surface area contributed by atoms with Crippen molar-refractivity contribution in [1.29, 1.82) is 0 Å². The zero-order valence-corrected chi connectivity index (χ0v) is 32.7. The van der Waals surface area contributed by atoms with Crippen molar-refractivity contribution in [1.82, 2.24) is 25.2 Å². The first-order chi connectivity index (χ1) is 26.7. The molecule has 3 N–H and O–H groups in total. The number of rotatable bonds is 8. The van der Waals surface area contributed by atoms with Crippen LogP contribution in [-0.4, -0.2) is 90.6 Å². The van der Waals surface area contributed by atoms with Gasteiger partial charge in [-0.2, -0.15) is 0 Å². The highest BCUT2D eigenvalue weighted by Gasteiger charge is 2.64. The van der Waals surface area contributed by atoms with Gasteiger partial charge in [0.15, 0.2) is 0 Å². The molecule has 0 radical (unpaired) electrons. The van der Waals surface area contributed by atoms with Crippen LogP contribution in [0.4, 0.5) is 9.18 Å². The quantitative estimate of drug-likeness (QED) is 0.327. The number of carbonyl (C=O) groups is 4. The van der Waals surface area contributed by atoms with Crippen LogP contribution in [0.15, 0.2) is 42.6 Å². The van der Waals surface area contributed by atoms with Crippen LogP contribution >= 0.6 is 0 Å². The summed E-state index contributed by atoms with van der Waals surface area (Å²) in [5, 5.41) is 4.64. The van der Waals surface area contributed by atoms with E-state index in [-0.39, 0.29) is 56.0 Å². The molecular formula is C40H50FN5O9S. The molecule has 4 amide bonds. The van der Waals surface area contributed by atoms with Crippen molar-refractivity contribution in [2.75, 3.05) is 13.7 Å². The van der Waals surface area contributed by atoms with Gasteiger partial charge in [-0.05, 0) is 98.3 Å². The van der Waals surface area contributed by atoms with E-state index in [0.29, 0.717) is 35.8 Å². The van der Waals surface area contributed by atoms with Gasteiger partial charge in [0.1, 0.15) is 35.6 Å². The predicted octanol–water partition coefficient (Wildman–Crippen LogP) is 4.28. The molecule has 2 aromatic rings. The fraction of sp³-hybridized carbons (Fsp3) is 0.625. The van der Waals surface area contributed by atoms with Crippen molar-refractivity contribution in [2.45, 2.75) is 113 Å². The molecular weight excluding hydrogens is 746 g/mol. The summed E-state index contributed by atoms with van der Waals surface area (Å²) in [5.74, 6) is -0.903. The summed E-state index contributed by atoms with van der Waals surface area (Å²) < 4.78 is 60.0. The zero-order chi connectivity index (χ0) is 39.6. The summed E-state index contributed by atoms with van der Waals surface area (Å²) in [7, 11) is -3.09. The zero-order valence-electron chi connectivity index (χ0n) is 31.9. The van der Waals surface area contributed by atoms with E-state index in [1.54, 1.807) is 25.4 Å². The Balaban J connectivity index is 1.10. The Bertz CT molecular complexity index is 2050. The molecule has 5 fully saturated rings. The van der Waals surface area contributed by atoms with Gasteiger partial charge in [0, 0.05) is 36.8 Å².